The molecule has 0 spiro atoms. The van der Waals surface area contributed by atoms with Crippen LogP contribution in [0.2, 0.25) is 0 Å². The van der Waals surface area contributed by atoms with Crippen molar-refractivity contribution in [2.24, 2.45) is 5.16 Å². The average Bonchev–Trinajstić information content (AvgIpc) is 2.95. The number of carboxylic acids is 1. The molecule has 1 aromatic heterocycles. The normalized spacial score (nSPS) is 21.2. The predicted molar refractivity (Wildman–Crippen MR) is 66.8 cm³/mol. The molecule has 0 bridgehead atoms. The van der Waals surface area contributed by atoms with Crippen LogP contribution >= 0.6 is 0 Å². The molecule has 20 heavy (non-hydrogen) atoms. The second-order valence-electron chi connectivity index (χ2n) is 4.92. The molecule has 106 valence electrons. The van der Waals surface area contributed by atoms with Crippen molar-refractivity contribution in [3.05, 3.63) is 24.2 Å². The van der Waals surface area contributed by atoms with E-state index in [1.54, 1.807) is 23.3 Å². The van der Waals surface area contributed by atoms with Crippen LogP contribution in [0.4, 0.5) is 0 Å². The number of carbonyl (C=O) groups is 2. The first-order chi connectivity index (χ1) is 9.65. The summed E-state index contributed by atoms with van der Waals surface area (Å²) in [6, 6.07) is 3.75. The minimum absolute atomic E-state index is 0.00947. The summed E-state index contributed by atoms with van der Waals surface area (Å²) in [6.07, 6.45) is 2.63. The van der Waals surface area contributed by atoms with Crippen molar-refractivity contribution in [3.8, 4) is 0 Å². The summed E-state index contributed by atoms with van der Waals surface area (Å²) in [5, 5.41) is 12.3. The Balaban J connectivity index is 1.66. The largest absolute Gasteiger partial charge is 0.477 e. The molecule has 2 heterocycles. The Morgan fingerprint density at radius 1 is 1.45 bits per heavy atom. The van der Waals surface area contributed by atoms with Crippen molar-refractivity contribution in [2.45, 2.75) is 38.0 Å². The lowest BCUT2D eigenvalue weighted by Gasteiger charge is -2.23. The van der Waals surface area contributed by atoms with E-state index in [1.807, 2.05) is 0 Å². The Labute approximate surface area is 114 Å². The van der Waals surface area contributed by atoms with Gasteiger partial charge in [0, 0.05) is 12.5 Å². The van der Waals surface area contributed by atoms with Gasteiger partial charge in [0.1, 0.15) is 5.76 Å². The van der Waals surface area contributed by atoms with Gasteiger partial charge in [-0.1, -0.05) is 5.16 Å². The van der Waals surface area contributed by atoms with Crippen molar-refractivity contribution in [1.29, 1.82) is 0 Å². The van der Waals surface area contributed by atoms with Crippen molar-refractivity contribution >= 4 is 17.6 Å². The summed E-state index contributed by atoms with van der Waals surface area (Å²) in [7, 11) is 0. The minimum atomic E-state index is -1.15. The molecular weight excluding hydrogens is 264 g/mol. The van der Waals surface area contributed by atoms with Crippen LogP contribution in [-0.2, 0) is 21.0 Å². The maximum absolute atomic E-state index is 12.4. The number of amides is 1. The van der Waals surface area contributed by atoms with E-state index in [4.69, 9.17) is 14.4 Å². The molecule has 0 aromatic carbocycles. The first kappa shape index (κ1) is 12.7. The molecule has 7 nitrogen and oxygen atoms in total. The molecule has 0 radical (unpaired) electrons. The van der Waals surface area contributed by atoms with Gasteiger partial charge >= 0.3 is 5.97 Å². The minimum Gasteiger partial charge on any atom is -0.477 e. The SMILES string of the molecule is O=C(O)C1=NOC(C(=O)N(Cc2ccco2)C2CC2)C1. The number of carbonyl (C=O) groups excluding carboxylic acids is 1. The number of furan rings is 1. The fraction of sp³-hybridized carbons (Fsp3) is 0.462. The molecule has 1 amide bonds. The summed E-state index contributed by atoms with van der Waals surface area (Å²) in [4.78, 5) is 29.8. The van der Waals surface area contributed by atoms with Crippen molar-refractivity contribution in [2.75, 3.05) is 0 Å². The molecule has 0 saturated heterocycles. The average molecular weight is 278 g/mol. The van der Waals surface area contributed by atoms with Crippen LogP contribution in [0.1, 0.15) is 25.0 Å². The molecule has 1 N–H and O–H groups in total. The standard InChI is InChI=1S/C13H14N2O5/c16-12(11-6-10(13(17)18)14-20-11)15(8-3-4-8)7-9-2-1-5-19-9/h1-2,5,8,11H,3-4,6-7H2,(H,17,18). The zero-order chi connectivity index (χ0) is 14.1. The Morgan fingerprint density at radius 3 is 2.80 bits per heavy atom. The summed E-state index contributed by atoms with van der Waals surface area (Å²) in [6.45, 7) is 0.374. The predicted octanol–water partition coefficient (Wildman–Crippen LogP) is 1.00. The highest BCUT2D eigenvalue weighted by molar-refractivity contribution is 6.36. The van der Waals surface area contributed by atoms with E-state index in [2.05, 4.69) is 5.16 Å². The fourth-order valence-electron chi connectivity index (χ4n) is 2.16. The fourth-order valence-corrected chi connectivity index (χ4v) is 2.16. The quantitative estimate of drug-likeness (QED) is 0.867. The number of oxime groups is 1. The van der Waals surface area contributed by atoms with Gasteiger partial charge in [-0.05, 0) is 25.0 Å². The highest BCUT2D eigenvalue weighted by atomic mass is 16.6. The molecule has 1 aliphatic carbocycles. The molecule has 3 rings (SSSR count). The molecule has 1 aliphatic heterocycles. The van der Waals surface area contributed by atoms with E-state index in [-0.39, 0.29) is 24.1 Å². The van der Waals surface area contributed by atoms with Crippen LogP contribution < -0.4 is 0 Å². The molecule has 7 heteroatoms. The van der Waals surface area contributed by atoms with Gasteiger partial charge in [-0.2, -0.15) is 0 Å². The Morgan fingerprint density at radius 2 is 2.25 bits per heavy atom. The first-order valence-electron chi connectivity index (χ1n) is 6.44. The maximum Gasteiger partial charge on any atom is 0.353 e. The Bertz CT molecular complexity index is 547. The molecule has 2 aliphatic rings. The first-order valence-corrected chi connectivity index (χ1v) is 6.44. The topological polar surface area (TPSA) is 92.3 Å². The second kappa shape index (κ2) is 4.99. The number of carboxylic acid groups (broad SMARTS) is 1. The molecule has 1 saturated carbocycles. The Kier molecular flexibility index (Phi) is 3.17. The van der Waals surface area contributed by atoms with Gasteiger partial charge in [0.05, 0.1) is 12.8 Å². The van der Waals surface area contributed by atoms with Crippen LogP contribution in [0.25, 0.3) is 0 Å². The molecule has 1 unspecified atom stereocenters. The number of aliphatic carboxylic acids is 1. The Hall–Kier alpha value is -2.31. The van der Waals surface area contributed by atoms with Gasteiger partial charge in [0.25, 0.3) is 5.91 Å². The molecule has 1 aromatic rings. The lowest BCUT2D eigenvalue weighted by Crippen LogP contribution is -2.40. The van der Waals surface area contributed by atoms with Crippen LogP contribution in [0, 0.1) is 0 Å². The van der Waals surface area contributed by atoms with Crippen LogP contribution in [-0.4, -0.2) is 39.7 Å². The summed E-state index contributed by atoms with van der Waals surface area (Å²) in [5.41, 5.74) is -0.114. The van der Waals surface area contributed by atoms with Crippen LogP contribution in [0.15, 0.2) is 28.0 Å². The van der Waals surface area contributed by atoms with Gasteiger partial charge in [-0.3, -0.25) is 4.79 Å². The van der Waals surface area contributed by atoms with E-state index in [9.17, 15) is 9.59 Å². The summed E-state index contributed by atoms with van der Waals surface area (Å²) >= 11 is 0. The highest BCUT2D eigenvalue weighted by Crippen LogP contribution is 2.30. The highest BCUT2D eigenvalue weighted by Gasteiger charge is 2.40. The van der Waals surface area contributed by atoms with E-state index in [0.717, 1.165) is 12.8 Å². The number of rotatable bonds is 5. The second-order valence-corrected chi connectivity index (χ2v) is 4.92. The van der Waals surface area contributed by atoms with Crippen molar-refractivity contribution in [3.63, 3.8) is 0 Å². The van der Waals surface area contributed by atoms with Gasteiger partial charge in [0.15, 0.2) is 5.71 Å². The van der Waals surface area contributed by atoms with E-state index >= 15 is 0 Å². The summed E-state index contributed by atoms with van der Waals surface area (Å²) < 4.78 is 5.26. The third kappa shape index (κ3) is 2.52. The summed E-state index contributed by atoms with van der Waals surface area (Å²) in [5.74, 6) is -0.684. The van der Waals surface area contributed by atoms with E-state index in [0.29, 0.717) is 12.3 Å². The lowest BCUT2D eigenvalue weighted by atomic mass is 10.1. The molecule has 1 atom stereocenters. The zero-order valence-corrected chi connectivity index (χ0v) is 10.7. The van der Waals surface area contributed by atoms with Gasteiger partial charge in [-0.25, -0.2) is 4.79 Å². The van der Waals surface area contributed by atoms with E-state index in [1.165, 1.54) is 0 Å². The number of hydrogen-bond donors (Lipinski definition) is 1. The van der Waals surface area contributed by atoms with Crippen LogP contribution in [0.3, 0.4) is 0 Å². The van der Waals surface area contributed by atoms with E-state index < -0.39 is 12.1 Å². The van der Waals surface area contributed by atoms with Gasteiger partial charge in [0.2, 0.25) is 6.10 Å². The lowest BCUT2D eigenvalue weighted by molar-refractivity contribution is -0.143. The monoisotopic (exact) mass is 278 g/mol. The van der Waals surface area contributed by atoms with Gasteiger partial charge < -0.3 is 19.3 Å². The third-order valence-corrected chi connectivity index (χ3v) is 3.37. The van der Waals surface area contributed by atoms with Crippen LogP contribution in [0.5, 0.6) is 0 Å². The van der Waals surface area contributed by atoms with Crippen molar-refractivity contribution in [1.82, 2.24) is 4.90 Å². The van der Waals surface area contributed by atoms with Gasteiger partial charge in [-0.15, -0.1) is 0 Å². The third-order valence-electron chi connectivity index (χ3n) is 3.37. The maximum atomic E-state index is 12.4. The number of hydrogen-bond acceptors (Lipinski definition) is 5. The number of nitrogens with zero attached hydrogens (tertiary/aromatic N) is 2. The molecule has 1 fully saturated rings. The molecular formula is C13H14N2O5. The van der Waals surface area contributed by atoms with Crippen molar-refractivity contribution < 1.29 is 24.0 Å². The zero-order valence-electron chi connectivity index (χ0n) is 10.7. The smallest absolute Gasteiger partial charge is 0.353 e.